The van der Waals surface area contributed by atoms with E-state index in [-0.39, 0.29) is 5.78 Å². The number of rotatable bonds is 2. The van der Waals surface area contributed by atoms with E-state index in [0.29, 0.717) is 5.56 Å². The molecule has 1 aromatic heterocycles. The number of pyridine rings is 1. The summed E-state index contributed by atoms with van der Waals surface area (Å²) < 4.78 is 0. The summed E-state index contributed by atoms with van der Waals surface area (Å²) >= 11 is 0. The Bertz CT molecular complexity index is 291. The molecule has 0 amide bonds. The highest BCUT2D eigenvalue weighted by atomic mass is 16.1. The molecule has 0 fully saturated rings. The summed E-state index contributed by atoms with van der Waals surface area (Å²) in [4.78, 5) is 14.9. The molecule has 2 heteroatoms. The molecule has 0 bridgehead atoms. The molecule has 11 heavy (non-hydrogen) atoms. The molecule has 1 heterocycles. The first-order valence-corrected chi connectivity index (χ1v) is 3.33. The first-order chi connectivity index (χ1) is 5.25. The quantitative estimate of drug-likeness (QED) is 0.471. The lowest BCUT2D eigenvalue weighted by Crippen LogP contribution is -1.97. The van der Waals surface area contributed by atoms with Gasteiger partial charge in [0.05, 0.1) is 0 Å². The van der Waals surface area contributed by atoms with Crippen LogP contribution in [0, 0.1) is 6.92 Å². The predicted molar refractivity (Wildman–Crippen MR) is 43.5 cm³/mol. The van der Waals surface area contributed by atoms with Crippen molar-refractivity contribution in [1.82, 2.24) is 4.98 Å². The number of ketones is 1. The minimum absolute atomic E-state index is 0.0735. The maximum Gasteiger partial charge on any atom is 0.187 e. The SMILES string of the molecule is C=CC(=O)c1cnccc1C. The number of hydrogen-bond donors (Lipinski definition) is 0. The molecule has 0 radical (unpaired) electrons. The van der Waals surface area contributed by atoms with Crippen molar-refractivity contribution in [3.05, 3.63) is 42.2 Å². The van der Waals surface area contributed by atoms with Crippen molar-refractivity contribution in [3.63, 3.8) is 0 Å². The summed E-state index contributed by atoms with van der Waals surface area (Å²) in [6.45, 7) is 5.27. The number of carbonyl (C=O) groups is 1. The molecule has 0 saturated heterocycles. The molecule has 0 N–H and O–H groups in total. The zero-order chi connectivity index (χ0) is 8.27. The van der Waals surface area contributed by atoms with Crippen LogP contribution in [0.2, 0.25) is 0 Å². The maximum absolute atomic E-state index is 11.1. The van der Waals surface area contributed by atoms with Gasteiger partial charge in [0, 0.05) is 18.0 Å². The summed E-state index contributed by atoms with van der Waals surface area (Å²) in [6.07, 6.45) is 4.51. The number of carbonyl (C=O) groups excluding carboxylic acids is 1. The van der Waals surface area contributed by atoms with E-state index in [9.17, 15) is 4.79 Å². The lowest BCUT2D eigenvalue weighted by atomic mass is 10.1. The Morgan fingerprint density at radius 2 is 2.45 bits per heavy atom. The number of aromatic nitrogens is 1. The molecule has 0 spiro atoms. The van der Waals surface area contributed by atoms with Gasteiger partial charge in [0.2, 0.25) is 0 Å². The molecule has 0 aliphatic heterocycles. The molecule has 0 aliphatic rings. The van der Waals surface area contributed by atoms with Crippen molar-refractivity contribution in [3.8, 4) is 0 Å². The van der Waals surface area contributed by atoms with Gasteiger partial charge in [0.15, 0.2) is 5.78 Å². The Morgan fingerprint density at radius 3 is 3.00 bits per heavy atom. The number of hydrogen-bond acceptors (Lipinski definition) is 2. The monoisotopic (exact) mass is 147 g/mol. The van der Waals surface area contributed by atoms with Crippen LogP contribution < -0.4 is 0 Å². The van der Waals surface area contributed by atoms with Gasteiger partial charge in [0.1, 0.15) is 0 Å². The highest BCUT2D eigenvalue weighted by Gasteiger charge is 2.02. The number of allylic oxidation sites excluding steroid dienone is 1. The fraction of sp³-hybridized carbons (Fsp3) is 0.111. The van der Waals surface area contributed by atoms with Gasteiger partial charge in [-0.2, -0.15) is 0 Å². The zero-order valence-corrected chi connectivity index (χ0v) is 6.37. The summed E-state index contributed by atoms with van der Waals surface area (Å²) in [5.74, 6) is -0.0735. The third kappa shape index (κ3) is 1.52. The Kier molecular flexibility index (Phi) is 2.16. The van der Waals surface area contributed by atoms with E-state index in [1.807, 2.05) is 6.92 Å². The molecule has 56 valence electrons. The van der Waals surface area contributed by atoms with Gasteiger partial charge >= 0.3 is 0 Å². The van der Waals surface area contributed by atoms with Crippen LogP contribution in [0.3, 0.4) is 0 Å². The van der Waals surface area contributed by atoms with Crippen molar-refractivity contribution < 1.29 is 4.79 Å². The van der Waals surface area contributed by atoms with Crippen molar-refractivity contribution in [2.75, 3.05) is 0 Å². The van der Waals surface area contributed by atoms with Gasteiger partial charge < -0.3 is 0 Å². The van der Waals surface area contributed by atoms with Crippen LogP contribution in [0.1, 0.15) is 15.9 Å². The zero-order valence-electron chi connectivity index (χ0n) is 6.37. The molecule has 0 unspecified atom stereocenters. The van der Waals surface area contributed by atoms with Crippen LogP contribution in [0.5, 0.6) is 0 Å². The van der Waals surface area contributed by atoms with Gasteiger partial charge in [-0.25, -0.2) is 0 Å². The first-order valence-electron chi connectivity index (χ1n) is 3.33. The summed E-state index contributed by atoms with van der Waals surface area (Å²) in [6, 6.07) is 1.80. The molecule has 0 aromatic carbocycles. The third-order valence-corrected chi connectivity index (χ3v) is 1.49. The van der Waals surface area contributed by atoms with E-state index in [4.69, 9.17) is 0 Å². The molecule has 1 rings (SSSR count). The smallest absolute Gasteiger partial charge is 0.187 e. The molecular formula is C9H9NO. The van der Waals surface area contributed by atoms with Crippen LogP contribution in [0.25, 0.3) is 0 Å². The van der Waals surface area contributed by atoms with Crippen LogP contribution in [-0.2, 0) is 0 Å². The molecule has 0 atom stereocenters. The second kappa shape index (κ2) is 3.10. The van der Waals surface area contributed by atoms with E-state index in [0.717, 1.165) is 5.56 Å². The van der Waals surface area contributed by atoms with Crippen LogP contribution in [-0.4, -0.2) is 10.8 Å². The predicted octanol–water partition coefficient (Wildman–Crippen LogP) is 1.76. The van der Waals surface area contributed by atoms with Gasteiger partial charge in [-0.15, -0.1) is 0 Å². The average Bonchev–Trinajstić information content (AvgIpc) is 2.04. The minimum atomic E-state index is -0.0735. The lowest BCUT2D eigenvalue weighted by molar-refractivity contribution is 0.104. The van der Waals surface area contributed by atoms with Crippen LogP contribution >= 0.6 is 0 Å². The van der Waals surface area contributed by atoms with E-state index >= 15 is 0 Å². The standard InChI is InChI=1S/C9H9NO/c1-3-9(11)8-6-10-5-4-7(8)2/h3-6H,1H2,2H3. The van der Waals surface area contributed by atoms with E-state index in [2.05, 4.69) is 11.6 Å². The van der Waals surface area contributed by atoms with Gasteiger partial charge in [-0.05, 0) is 24.6 Å². The Balaban J connectivity index is 3.13. The third-order valence-electron chi connectivity index (χ3n) is 1.49. The fourth-order valence-electron chi connectivity index (χ4n) is 0.832. The summed E-state index contributed by atoms with van der Waals surface area (Å²) in [7, 11) is 0. The van der Waals surface area contributed by atoms with E-state index < -0.39 is 0 Å². The summed E-state index contributed by atoms with van der Waals surface area (Å²) in [5.41, 5.74) is 1.56. The first kappa shape index (κ1) is 7.66. The van der Waals surface area contributed by atoms with Crippen molar-refractivity contribution >= 4 is 5.78 Å². The second-order valence-corrected chi connectivity index (χ2v) is 2.26. The van der Waals surface area contributed by atoms with Crippen LogP contribution in [0.15, 0.2) is 31.1 Å². The Morgan fingerprint density at radius 1 is 1.73 bits per heavy atom. The summed E-state index contributed by atoms with van der Waals surface area (Å²) in [5, 5.41) is 0. The fourth-order valence-corrected chi connectivity index (χ4v) is 0.832. The highest BCUT2D eigenvalue weighted by Crippen LogP contribution is 2.05. The molecular weight excluding hydrogens is 138 g/mol. The molecule has 0 saturated carbocycles. The molecule has 1 aromatic rings. The van der Waals surface area contributed by atoms with Crippen molar-refractivity contribution in [2.24, 2.45) is 0 Å². The Hall–Kier alpha value is -1.44. The van der Waals surface area contributed by atoms with Gasteiger partial charge in [-0.1, -0.05) is 6.58 Å². The topological polar surface area (TPSA) is 30.0 Å². The van der Waals surface area contributed by atoms with Crippen LogP contribution in [0.4, 0.5) is 0 Å². The number of aryl methyl sites for hydroxylation is 1. The molecule has 0 aliphatic carbocycles. The normalized spacial score (nSPS) is 9.18. The largest absolute Gasteiger partial charge is 0.289 e. The highest BCUT2D eigenvalue weighted by molar-refractivity contribution is 6.04. The van der Waals surface area contributed by atoms with Gasteiger partial charge in [0.25, 0.3) is 0 Å². The Labute approximate surface area is 65.6 Å². The minimum Gasteiger partial charge on any atom is -0.289 e. The van der Waals surface area contributed by atoms with E-state index in [1.165, 1.54) is 6.08 Å². The average molecular weight is 147 g/mol. The second-order valence-electron chi connectivity index (χ2n) is 2.26. The van der Waals surface area contributed by atoms with Gasteiger partial charge in [-0.3, -0.25) is 9.78 Å². The molecule has 2 nitrogen and oxygen atoms in total. The van der Waals surface area contributed by atoms with Crippen molar-refractivity contribution in [2.45, 2.75) is 6.92 Å². The number of nitrogens with zero attached hydrogens (tertiary/aromatic N) is 1. The lowest BCUT2D eigenvalue weighted by Gasteiger charge is -1.97. The van der Waals surface area contributed by atoms with E-state index in [1.54, 1.807) is 18.5 Å². The maximum atomic E-state index is 11.1. The van der Waals surface area contributed by atoms with Crippen molar-refractivity contribution in [1.29, 1.82) is 0 Å².